The predicted molar refractivity (Wildman–Crippen MR) is 283 cm³/mol. The van der Waals surface area contributed by atoms with Gasteiger partial charge in [-0.25, -0.2) is 29.9 Å². The van der Waals surface area contributed by atoms with Gasteiger partial charge in [0.15, 0.2) is 34.9 Å². The quantitative estimate of drug-likeness (QED) is 0.120. The van der Waals surface area contributed by atoms with Gasteiger partial charge in [0.25, 0.3) is 0 Å². The molecule has 0 N–H and O–H groups in total. The summed E-state index contributed by atoms with van der Waals surface area (Å²) in [6, 6.07) is 73.4. The number of nitrogens with zero attached hydrogens (tertiary/aromatic N) is 6. The minimum Gasteiger partial charge on any atom is -0.457 e. The van der Waals surface area contributed by atoms with Crippen LogP contribution in [0.3, 0.4) is 0 Å². The van der Waals surface area contributed by atoms with E-state index >= 15 is 0 Å². The number of hydrogen-bond acceptors (Lipinski definition) is 8. The van der Waals surface area contributed by atoms with Gasteiger partial charge in [0.1, 0.15) is 23.0 Å². The highest BCUT2D eigenvalue weighted by molar-refractivity contribution is 5.68. The smallest absolute Gasteiger partial charge is 0.164 e. The standard InChI is InChI=1S/C63H52N6O2/c1-43-40-62(2,3)42-63(41-43,50-28-36-54(37-29-50)70-52-32-24-48(25-33-52)60-66-56(44-16-8-4-9-17-44)64-57(67-60)45-18-10-5-11-19-45)51-30-38-55(39-31-51)71-53-34-26-49(27-35-53)61-68-58(46-20-12-6-13-21-46)65-59(69-61)47-22-14-7-15-23-47/h4-39,43H,40-42H2,1-3H3/t43-/m1/s1. The summed E-state index contributed by atoms with van der Waals surface area (Å²) in [5.41, 5.74) is 8.02. The van der Waals surface area contributed by atoms with E-state index in [0.717, 1.165) is 69.2 Å². The summed E-state index contributed by atoms with van der Waals surface area (Å²) in [5.74, 6) is 7.27. The van der Waals surface area contributed by atoms with E-state index in [1.165, 1.54) is 17.5 Å². The highest BCUT2D eigenvalue weighted by Gasteiger charge is 2.45. The van der Waals surface area contributed by atoms with Crippen LogP contribution < -0.4 is 9.47 Å². The van der Waals surface area contributed by atoms with Crippen molar-refractivity contribution in [2.24, 2.45) is 11.3 Å². The Kier molecular flexibility index (Phi) is 12.3. The second kappa shape index (κ2) is 19.4. The Bertz CT molecular complexity index is 3060. The number of ether oxygens (including phenoxy) is 2. The van der Waals surface area contributed by atoms with Crippen molar-refractivity contribution in [3.63, 3.8) is 0 Å². The monoisotopic (exact) mass is 924 g/mol. The lowest BCUT2D eigenvalue weighted by Crippen LogP contribution is -2.41. The molecule has 8 heteroatoms. The molecule has 8 nitrogen and oxygen atoms in total. The average Bonchev–Trinajstić information content (AvgIpc) is 3.42. The Hall–Kier alpha value is -8.62. The van der Waals surface area contributed by atoms with Crippen LogP contribution in [0.4, 0.5) is 0 Å². The largest absolute Gasteiger partial charge is 0.457 e. The van der Waals surface area contributed by atoms with Crippen LogP contribution in [0.25, 0.3) is 68.3 Å². The first-order valence-corrected chi connectivity index (χ1v) is 24.2. The maximum absolute atomic E-state index is 6.47. The van der Waals surface area contributed by atoms with Crippen LogP contribution in [0.15, 0.2) is 218 Å². The van der Waals surface area contributed by atoms with E-state index in [1.54, 1.807) is 0 Å². The first kappa shape index (κ1) is 44.9. The summed E-state index contributed by atoms with van der Waals surface area (Å²) in [6.07, 6.45) is 3.25. The fourth-order valence-electron chi connectivity index (χ4n) is 10.4. The number of hydrogen-bond donors (Lipinski definition) is 0. The lowest BCUT2D eigenvalue weighted by molar-refractivity contribution is 0.127. The van der Waals surface area contributed by atoms with Crippen LogP contribution in [-0.2, 0) is 5.41 Å². The molecule has 11 rings (SSSR count). The molecule has 1 fully saturated rings. The molecule has 0 unspecified atom stereocenters. The van der Waals surface area contributed by atoms with Crippen molar-refractivity contribution in [3.8, 4) is 91.3 Å². The topological polar surface area (TPSA) is 95.8 Å². The fourth-order valence-corrected chi connectivity index (χ4v) is 10.4. The predicted octanol–water partition coefficient (Wildman–Crippen LogP) is 15.8. The van der Waals surface area contributed by atoms with Crippen molar-refractivity contribution in [2.75, 3.05) is 0 Å². The summed E-state index contributed by atoms with van der Waals surface area (Å²) in [6.45, 7) is 7.20. The summed E-state index contributed by atoms with van der Waals surface area (Å²) in [5, 5.41) is 0. The van der Waals surface area contributed by atoms with Crippen molar-refractivity contribution < 1.29 is 9.47 Å². The molecule has 346 valence electrons. The molecule has 1 atom stereocenters. The molecule has 0 aliphatic heterocycles. The van der Waals surface area contributed by atoms with Crippen LogP contribution in [0.5, 0.6) is 23.0 Å². The van der Waals surface area contributed by atoms with Gasteiger partial charge in [-0.3, -0.25) is 0 Å². The molecule has 10 aromatic rings. The Labute approximate surface area is 415 Å². The maximum atomic E-state index is 6.47. The van der Waals surface area contributed by atoms with Gasteiger partial charge in [-0.05, 0) is 115 Å². The molecule has 0 amide bonds. The fraction of sp³-hybridized carbons (Fsp3) is 0.143. The third-order valence-corrected chi connectivity index (χ3v) is 13.3. The van der Waals surface area contributed by atoms with E-state index < -0.39 is 0 Å². The number of aromatic nitrogens is 6. The van der Waals surface area contributed by atoms with Gasteiger partial charge in [-0.2, -0.15) is 0 Å². The molecular formula is C63H52N6O2. The van der Waals surface area contributed by atoms with Crippen molar-refractivity contribution >= 4 is 0 Å². The first-order valence-electron chi connectivity index (χ1n) is 24.2. The summed E-state index contributed by atoms with van der Waals surface area (Å²) in [4.78, 5) is 29.3. The summed E-state index contributed by atoms with van der Waals surface area (Å²) >= 11 is 0. The number of benzene rings is 8. The Morgan fingerprint density at radius 2 is 0.577 bits per heavy atom. The van der Waals surface area contributed by atoms with E-state index in [-0.39, 0.29) is 10.8 Å². The average molecular weight is 925 g/mol. The van der Waals surface area contributed by atoms with E-state index in [1.807, 2.05) is 170 Å². The third-order valence-electron chi connectivity index (χ3n) is 13.3. The van der Waals surface area contributed by atoms with Crippen LogP contribution in [0.2, 0.25) is 0 Å². The molecule has 71 heavy (non-hydrogen) atoms. The Morgan fingerprint density at radius 3 is 0.845 bits per heavy atom. The highest BCUT2D eigenvalue weighted by Crippen LogP contribution is 2.54. The normalized spacial score (nSPS) is 14.9. The van der Waals surface area contributed by atoms with Gasteiger partial charge in [0.05, 0.1) is 0 Å². The van der Waals surface area contributed by atoms with E-state index in [4.69, 9.17) is 39.4 Å². The molecule has 0 spiro atoms. The lowest BCUT2D eigenvalue weighted by Gasteiger charge is -2.48. The molecular weight excluding hydrogens is 873 g/mol. The second-order valence-electron chi connectivity index (χ2n) is 19.3. The van der Waals surface area contributed by atoms with Crippen LogP contribution in [-0.4, -0.2) is 29.9 Å². The number of rotatable bonds is 12. The van der Waals surface area contributed by atoms with E-state index in [9.17, 15) is 0 Å². The molecule has 0 saturated heterocycles. The van der Waals surface area contributed by atoms with Gasteiger partial charge < -0.3 is 9.47 Å². The molecule has 2 heterocycles. The Morgan fingerprint density at radius 1 is 0.324 bits per heavy atom. The van der Waals surface area contributed by atoms with E-state index in [2.05, 4.69) is 69.3 Å². The van der Waals surface area contributed by atoms with Crippen molar-refractivity contribution in [1.82, 2.24) is 29.9 Å². The third kappa shape index (κ3) is 9.96. The zero-order valence-corrected chi connectivity index (χ0v) is 40.0. The highest BCUT2D eigenvalue weighted by atomic mass is 16.5. The van der Waals surface area contributed by atoms with E-state index in [0.29, 0.717) is 40.9 Å². The first-order chi connectivity index (χ1) is 34.7. The zero-order chi connectivity index (χ0) is 48.2. The van der Waals surface area contributed by atoms with Crippen LogP contribution >= 0.6 is 0 Å². The minimum atomic E-state index is -0.189. The molecule has 1 aliphatic carbocycles. The molecule has 1 saturated carbocycles. The lowest BCUT2D eigenvalue weighted by atomic mass is 9.55. The molecule has 8 aromatic carbocycles. The SMILES string of the molecule is C[C@@H]1CC(C)(C)CC(c2ccc(Oc3ccc(-c4nc(-c5ccccc5)nc(-c5ccccc5)n4)cc3)cc2)(c2ccc(Oc3ccc(-c4nc(-c5ccccc5)nc(-c5ccccc5)n4)cc3)cc2)C1. The van der Waals surface area contributed by atoms with Gasteiger partial charge in [0.2, 0.25) is 0 Å². The van der Waals surface area contributed by atoms with Crippen molar-refractivity contribution in [3.05, 3.63) is 230 Å². The molecule has 0 radical (unpaired) electrons. The maximum Gasteiger partial charge on any atom is 0.164 e. The molecule has 0 bridgehead atoms. The molecule has 1 aliphatic rings. The zero-order valence-electron chi connectivity index (χ0n) is 40.0. The van der Waals surface area contributed by atoms with Gasteiger partial charge >= 0.3 is 0 Å². The van der Waals surface area contributed by atoms with Crippen molar-refractivity contribution in [2.45, 2.75) is 45.4 Å². The van der Waals surface area contributed by atoms with Crippen molar-refractivity contribution in [1.29, 1.82) is 0 Å². The summed E-state index contributed by atoms with van der Waals surface area (Å²) < 4.78 is 12.9. The van der Waals surface area contributed by atoms with Gasteiger partial charge in [-0.15, -0.1) is 0 Å². The van der Waals surface area contributed by atoms with Crippen LogP contribution in [0, 0.1) is 11.3 Å². The molecule has 2 aromatic heterocycles. The van der Waals surface area contributed by atoms with Crippen LogP contribution in [0.1, 0.15) is 51.2 Å². The van der Waals surface area contributed by atoms with Gasteiger partial charge in [0, 0.05) is 38.8 Å². The minimum absolute atomic E-state index is 0.149. The summed E-state index contributed by atoms with van der Waals surface area (Å²) in [7, 11) is 0. The Balaban J connectivity index is 0.815. The second-order valence-corrected chi connectivity index (χ2v) is 19.3. The van der Waals surface area contributed by atoms with Gasteiger partial charge in [-0.1, -0.05) is 166 Å².